The smallest absolute Gasteiger partial charge is 0.261 e. The van der Waals surface area contributed by atoms with Crippen molar-refractivity contribution in [1.29, 1.82) is 5.26 Å². The number of nitrogens with zero attached hydrogens (tertiary/aromatic N) is 5. The van der Waals surface area contributed by atoms with Crippen molar-refractivity contribution >= 4 is 22.6 Å². The van der Waals surface area contributed by atoms with Gasteiger partial charge in [-0.1, -0.05) is 5.16 Å². The first-order valence-corrected chi connectivity index (χ1v) is 9.85. The molecule has 148 valence electrons. The average Bonchev–Trinajstić information content (AvgIpc) is 3.40. The van der Waals surface area contributed by atoms with Crippen LogP contribution in [0.4, 0.5) is 5.69 Å². The van der Waals surface area contributed by atoms with Crippen molar-refractivity contribution in [3.8, 4) is 17.5 Å². The number of carbonyl (C=O) groups is 1. The molecular formula is C20H21N7O2. The number of rotatable bonds is 4. The van der Waals surface area contributed by atoms with Gasteiger partial charge in [-0.05, 0) is 38.7 Å². The largest absolute Gasteiger partial charge is 0.381 e. The summed E-state index contributed by atoms with van der Waals surface area (Å²) in [6.07, 6.45) is 7.25. The van der Waals surface area contributed by atoms with Crippen LogP contribution in [0.3, 0.4) is 0 Å². The van der Waals surface area contributed by atoms with Gasteiger partial charge in [0.2, 0.25) is 5.91 Å². The number of aromatic amines is 1. The van der Waals surface area contributed by atoms with Gasteiger partial charge in [-0.25, -0.2) is 4.98 Å². The summed E-state index contributed by atoms with van der Waals surface area (Å²) in [6.45, 7) is 1.79. The van der Waals surface area contributed by atoms with Gasteiger partial charge in [0.1, 0.15) is 12.1 Å². The monoisotopic (exact) mass is 391 g/mol. The average molecular weight is 391 g/mol. The Morgan fingerprint density at radius 3 is 2.90 bits per heavy atom. The van der Waals surface area contributed by atoms with Gasteiger partial charge < -0.3 is 19.7 Å². The number of nitriles is 1. The highest BCUT2D eigenvalue weighted by atomic mass is 16.5. The normalized spacial score (nSPS) is 23.3. The fourth-order valence-corrected chi connectivity index (χ4v) is 4.80. The first-order valence-electron chi connectivity index (χ1n) is 9.85. The highest BCUT2D eigenvalue weighted by Gasteiger charge is 2.43. The second kappa shape index (κ2) is 6.88. The number of piperidine rings is 1. The summed E-state index contributed by atoms with van der Waals surface area (Å²) in [6, 6.07) is 4.55. The quantitative estimate of drug-likeness (QED) is 0.701. The zero-order chi connectivity index (χ0) is 20.0. The Balaban J connectivity index is 1.45. The van der Waals surface area contributed by atoms with Crippen LogP contribution >= 0.6 is 0 Å². The molecule has 2 aliphatic rings. The van der Waals surface area contributed by atoms with Crippen molar-refractivity contribution in [1.82, 2.24) is 25.0 Å². The van der Waals surface area contributed by atoms with Crippen molar-refractivity contribution in [3.63, 3.8) is 0 Å². The van der Waals surface area contributed by atoms with E-state index in [4.69, 9.17) is 9.78 Å². The molecule has 2 N–H and O–H groups in total. The topological polar surface area (TPSA) is 124 Å². The van der Waals surface area contributed by atoms with E-state index < -0.39 is 0 Å². The van der Waals surface area contributed by atoms with E-state index in [2.05, 4.69) is 25.4 Å². The van der Waals surface area contributed by atoms with Crippen LogP contribution in [-0.2, 0) is 4.79 Å². The molecule has 5 heterocycles. The lowest BCUT2D eigenvalue weighted by atomic mass is 9.96. The first-order chi connectivity index (χ1) is 14.1. The Kier molecular flexibility index (Phi) is 4.19. The number of hydrogen-bond donors (Lipinski definition) is 2. The maximum absolute atomic E-state index is 12.3. The van der Waals surface area contributed by atoms with Crippen LogP contribution in [0, 0.1) is 18.3 Å². The van der Waals surface area contributed by atoms with E-state index in [0.29, 0.717) is 11.7 Å². The van der Waals surface area contributed by atoms with Gasteiger partial charge in [-0.3, -0.25) is 4.79 Å². The summed E-state index contributed by atoms with van der Waals surface area (Å²) >= 11 is 0. The fourth-order valence-electron chi connectivity index (χ4n) is 4.80. The third-order valence-electron chi connectivity index (χ3n) is 5.94. The lowest BCUT2D eigenvalue weighted by molar-refractivity contribution is -0.134. The number of pyridine rings is 1. The van der Waals surface area contributed by atoms with Crippen LogP contribution in [-0.4, -0.2) is 49.0 Å². The first kappa shape index (κ1) is 17.7. The Hall–Kier alpha value is -3.41. The third-order valence-corrected chi connectivity index (χ3v) is 5.94. The van der Waals surface area contributed by atoms with Gasteiger partial charge in [-0.2, -0.15) is 10.2 Å². The molecule has 1 unspecified atom stereocenters. The lowest BCUT2D eigenvalue weighted by Crippen LogP contribution is -2.49. The maximum atomic E-state index is 12.3. The number of anilines is 1. The second-order valence-electron chi connectivity index (χ2n) is 7.77. The SMILES string of the molecule is Cc1noc(-c2cnc3[nH]ccc3c2NC2C[C@H]3CC[C@@H](C2)N3C(=O)CC#N)n1. The molecular weight excluding hydrogens is 370 g/mol. The Labute approximate surface area is 167 Å². The molecule has 2 aliphatic heterocycles. The van der Waals surface area contributed by atoms with Crippen molar-refractivity contribution in [2.24, 2.45) is 0 Å². The van der Waals surface area contributed by atoms with Gasteiger partial charge in [0, 0.05) is 35.9 Å². The molecule has 2 saturated heterocycles. The zero-order valence-corrected chi connectivity index (χ0v) is 16.1. The van der Waals surface area contributed by atoms with E-state index in [0.717, 1.165) is 48.0 Å². The molecule has 2 fully saturated rings. The number of hydrogen-bond acceptors (Lipinski definition) is 7. The molecule has 3 aromatic heterocycles. The Morgan fingerprint density at radius 2 is 2.21 bits per heavy atom. The molecule has 0 radical (unpaired) electrons. The van der Waals surface area contributed by atoms with E-state index in [1.807, 2.05) is 23.2 Å². The van der Waals surface area contributed by atoms with E-state index in [1.54, 1.807) is 13.1 Å². The number of nitrogens with one attached hydrogen (secondary N) is 2. The molecule has 0 spiro atoms. The summed E-state index contributed by atoms with van der Waals surface area (Å²) in [7, 11) is 0. The minimum absolute atomic E-state index is 0.0416. The van der Waals surface area contributed by atoms with Crippen LogP contribution in [0.15, 0.2) is 23.0 Å². The molecule has 1 amide bonds. The summed E-state index contributed by atoms with van der Waals surface area (Å²) in [4.78, 5) is 26.3. The van der Waals surface area contributed by atoms with Gasteiger partial charge >= 0.3 is 0 Å². The van der Waals surface area contributed by atoms with E-state index in [1.165, 1.54) is 0 Å². The van der Waals surface area contributed by atoms with E-state index >= 15 is 0 Å². The highest BCUT2D eigenvalue weighted by molar-refractivity contribution is 5.97. The molecule has 3 aromatic rings. The minimum Gasteiger partial charge on any atom is -0.381 e. The van der Waals surface area contributed by atoms with Crippen molar-refractivity contribution in [2.75, 3.05) is 5.32 Å². The van der Waals surface area contributed by atoms with Gasteiger partial charge in [-0.15, -0.1) is 0 Å². The number of aromatic nitrogens is 4. The second-order valence-corrected chi connectivity index (χ2v) is 7.77. The zero-order valence-electron chi connectivity index (χ0n) is 16.1. The molecule has 29 heavy (non-hydrogen) atoms. The Morgan fingerprint density at radius 1 is 1.41 bits per heavy atom. The standard InChI is InChI=1S/C20H21N7O2/c1-11-24-20(29-26-11)16-10-23-19-15(5-7-22-19)18(16)25-12-8-13-2-3-14(9-12)27(13)17(28)4-6-21/h5,7,10,12-14H,2-4,8-9H2,1H3,(H2,22,23,25)/t12?,13-,14+. The van der Waals surface area contributed by atoms with Crippen LogP contribution in [0.5, 0.6) is 0 Å². The molecule has 9 heteroatoms. The molecule has 0 aliphatic carbocycles. The summed E-state index contributed by atoms with van der Waals surface area (Å²) in [5, 5.41) is 17.5. The van der Waals surface area contributed by atoms with Crippen molar-refractivity contribution < 1.29 is 9.32 Å². The molecule has 9 nitrogen and oxygen atoms in total. The van der Waals surface area contributed by atoms with Gasteiger partial charge in [0.05, 0.1) is 17.3 Å². The minimum atomic E-state index is -0.0441. The molecule has 2 bridgehead atoms. The molecule has 3 atom stereocenters. The lowest BCUT2D eigenvalue weighted by Gasteiger charge is -2.39. The van der Waals surface area contributed by atoms with Gasteiger partial charge in [0.25, 0.3) is 5.89 Å². The number of carbonyl (C=O) groups excluding carboxylic acids is 1. The van der Waals surface area contributed by atoms with Crippen LogP contribution in [0.25, 0.3) is 22.5 Å². The predicted molar refractivity (Wildman–Crippen MR) is 105 cm³/mol. The van der Waals surface area contributed by atoms with E-state index in [9.17, 15) is 4.79 Å². The van der Waals surface area contributed by atoms with Crippen LogP contribution in [0.2, 0.25) is 0 Å². The number of aryl methyl sites for hydroxylation is 1. The van der Waals surface area contributed by atoms with Crippen molar-refractivity contribution in [3.05, 3.63) is 24.3 Å². The molecule has 0 aromatic carbocycles. The van der Waals surface area contributed by atoms with E-state index in [-0.39, 0.29) is 30.5 Å². The summed E-state index contributed by atoms with van der Waals surface area (Å²) in [5.74, 6) is 0.963. The molecule has 5 rings (SSSR count). The maximum Gasteiger partial charge on any atom is 0.261 e. The Bertz CT molecular complexity index is 1100. The number of H-pyrrole nitrogens is 1. The summed E-state index contributed by atoms with van der Waals surface area (Å²) in [5.41, 5.74) is 2.48. The predicted octanol–water partition coefficient (Wildman–Crippen LogP) is 2.77. The fraction of sp³-hybridized carbons (Fsp3) is 0.450. The number of fused-ring (bicyclic) bond motifs is 3. The van der Waals surface area contributed by atoms with Crippen molar-refractivity contribution in [2.45, 2.75) is 57.2 Å². The molecule has 0 saturated carbocycles. The van der Waals surface area contributed by atoms with Crippen LogP contribution < -0.4 is 5.32 Å². The van der Waals surface area contributed by atoms with Crippen LogP contribution in [0.1, 0.15) is 37.9 Å². The summed E-state index contributed by atoms with van der Waals surface area (Å²) < 4.78 is 5.40. The van der Waals surface area contributed by atoms with Gasteiger partial charge in [0.15, 0.2) is 5.82 Å². The highest BCUT2D eigenvalue weighted by Crippen LogP contribution is 2.39. The number of amides is 1. The third kappa shape index (κ3) is 3.01.